The largest absolute Gasteiger partial charge is 0.481 e. The van der Waals surface area contributed by atoms with Crippen LogP contribution in [-0.4, -0.2) is 20.6 Å². The van der Waals surface area contributed by atoms with Gasteiger partial charge in [-0.1, -0.05) is 26.8 Å². The summed E-state index contributed by atoms with van der Waals surface area (Å²) in [5.41, 5.74) is 3.34. The molecule has 0 bridgehead atoms. The van der Waals surface area contributed by atoms with Gasteiger partial charge >= 0.3 is 5.97 Å². The van der Waals surface area contributed by atoms with Gasteiger partial charge in [0.15, 0.2) is 0 Å². The number of carbonyl (C=O) groups is 1. The lowest BCUT2D eigenvalue weighted by Crippen LogP contribution is -2.10. The number of fused-ring (bicyclic) bond motifs is 1. The molecule has 2 aromatic rings. The quantitative estimate of drug-likeness (QED) is 0.923. The van der Waals surface area contributed by atoms with Crippen LogP contribution in [0.3, 0.4) is 0 Å². The van der Waals surface area contributed by atoms with E-state index in [1.54, 1.807) is 0 Å². The number of aliphatic carboxylic acids is 1. The van der Waals surface area contributed by atoms with E-state index in [1.165, 1.54) is 5.56 Å². The van der Waals surface area contributed by atoms with E-state index < -0.39 is 5.97 Å². The van der Waals surface area contributed by atoms with Crippen LogP contribution in [0.1, 0.15) is 38.6 Å². The van der Waals surface area contributed by atoms with Crippen molar-refractivity contribution in [2.75, 3.05) is 0 Å². The van der Waals surface area contributed by atoms with Crippen molar-refractivity contribution in [3.63, 3.8) is 0 Å². The highest BCUT2D eigenvalue weighted by Crippen LogP contribution is 2.26. The van der Waals surface area contributed by atoms with Gasteiger partial charge < -0.3 is 9.67 Å². The van der Waals surface area contributed by atoms with Crippen LogP contribution in [0, 0.1) is 0 Å². The number of hydrogen-bond acceptors (Lipinski definition) is 2. The lowest BCUT2D eigenvalue weighted by Gasteiger charge is -2.18. The van der Waals surface area contributed by atoms with Gasteiger partial charge in [0.25, 0.3) is 0 Å². The summed E-state index contributed by atoms with van der Waals surface area (Å²) in [6.45, 7) is 6.53. The predicted molar refractivity (Wildman–Crippen MR) is 75.4 cm³/mol. The molecule has 4 heteroatoms. The van der Waals surface area contributed by atoms with E-state index in [0.717, 1.165) is 16.9 Å². The fraction of sp³-hybridized carbons (Fsp3) is 0.467. The molecule has 0 saturated heterocycles. The molecule has 1 aromatic carbocycles. The Morgan fingerprint density at radius 3 is 2.63 bits per heavy atom. The van der Waals surface area contributed by atoms with E-state index in [-0.39, 0.29) is 11.8 Å². The molecule has 0 aliphatic carbocycles. The molecule has 1 N–H and O–H groups in total. The lowest BCUT2D eigenvalue weighted by atomic mass is 9.87. The number of aromatic nitrogens is 2. The molecule has 2 rings (SSSR count). The summed E-state index contributed by atoms with van der Waals surface area (Å²) < 4.78 is 1.99. The summed E-state index contributed by atoms with van der Waals surface area (Å²) in [4.78, 5) is 15.2. The first-order valence-corrected chi connectivity index (χ1v) is 6.46. The molecule has 0 spiro atoms. The molecule has 102 valence electrons. The topological polar surface area (TPSA) is 55.1 Å². The van der Waals surface area contributed by atoms with Gasteiger partial charge in [-0.05, 0) is 23.1 Å². The number of imidazole rings is 1. The Bertz CT molecular complexity index is 621. The van der Waals surface area contributed by atoms with Gasteiger partial charge in [-0.2, -0.15) is 0 Å². The van der Waals surface area contributed by atoms with Crippen molar-refractivity contribution < 1.29 is 9.90 Å². The molecule has 0 aliphatic heterocycles. The van der Waals surface area contributed by atoms with Crippen molar-refractivity contribution in [1.82, 2.24) is 9.55 Å². The first-order chi connectivity index (χ1) is 8.79. The second-order valence-electron chi connectivity index (χ2n) is 5.93. The van der Waals surface area contributed by atoms with E-state index in [4.69, 9.17) is 5.11 Å². The van der Waals surface area contributed by atoms with Crippen LogP contribution in [0.4, 0.5) is 0 Å². The zero-order valence-corrected chi connectivity index (χ0v) is 11.9. The second-order valence-corrected chi connectivity index (χ2v) is 5.93. The van der Waals surface area contributed by atoms with Gasteiger partial charge in [-0.15, -0.1) is 0 Å². The third-order valence-electron chi connectivity index (χ3n) is 3.40. The van der Waals surface area contributed by atoms with Crippen LogP contribution >= 0.6 is 0 Å². The normalized spacial score (nSPS) is 12.0. The van der Waals surface area contributed by atoms with Crippen molar-refractivity contribution >= 4 is 17.0 Å². The zero-order valence-electron chi connectivity index (χ0n) is 11.9. The van der Waals surface area contributed by atoms with Crippen LogP contribution < -0.4 is 0 Å². The Labute approximate surface area is 113 Å². The maximum atomic E-state index is 10.6. The number of aryl methyl sites for hydroxylation is 2. The van der Waals surface area contributed by atoms with Crippen LogP contribution in [0.15, 0.2) is 18.2 Å². The highest BCUT2D eigenvalue weighted by molar-refractivity contribution is 5.77. The van der Waals surface area contributed by atoms with Crippen LogP contribution in [-0.2, 0) is 23.7 Å². The molecule has 0 atom stereocenters. The first kappa shape index (κ1) is 13.6. The Morgan fingerprint density at radius 1 is 1.37 bits per heavy atom. The summed E-state index contributed by atoms with van der Waals surface area (Å²) in [7, 11) is 1.94. The summed E-state index contributed by atoms with van der Waals surface area (Å²) in [5, 5.41) is 8.75. The highest BCUT2D eigenvalue weighted by atomic mass is 16.4. The average Bonchev–Trinajstić information content (AvgIpc) is 2.62. The standard InChI is InChI=1S/C15H20N2O2/c1-15(2,3)10-5-6-11-12(9-10)17(4)13(16-11)7-8-14(18)19/h5-6,9H,7-8H2,1-4H3,(H,18,19). The average molecular weight is 260 g/mol. The number of rotatable bonds is 3. The molecular weight excluding hydrogens is 240 g/mol. The third kappa shape index (κ3) is 2.78. The lowest BCUT2D eigenvalue weighted by molar-refractivity contribution is -0.137. The monoisotopic (exact) mass is 260 g/mol. The number of benzene rings is 1. The van der Waals surface area contributed by atoms with Crippen LogP contribution in [0.25, 0.3) is 11.0 Å². The SMILES string of the molecule is Cn1c(CCC(=O)O)nc2ccc(C(C)(C)C)cc21. The van der Waals surface area contributed by atoms with E-state index in [1.807, 2.05) is 17.7 Å². The number of hydrogen-bond donors (Lipinski definition) is 1. The first-order valence-electron chi connectivity index (χ1n) is 6.46. The summed E-state index contributed by atoms with van der Waals surface area (Å²) in [6, 6.07) is 6.25. The van der Waals surface area contributed by atoms with Gasteiger partial charge in [-0.25, -0.2) is 4.98 Å². The molecule has 0 saturated carbocycles. The Balaban J connectivity index is 2.43. The minimum absolute atomic E-state index is 0.0969. The summed E-state index contributed by atoms with van der Waals surface area (Å²) in [5.74, 6) is 0.0332. The van der Waals surface area contributed by atoms with Crippen molar-refractivity contribution in [3.05, 3.63) is 29.6 Å². The zero-order chi connectivity index (χ0) is 14.2. The van der Waals surface area contributed by atoms with Crippen molar-refractivity contribution in [3.8, 4) is 0 Å². The van der Waals surface area contributed by atoms with Gasteiger partial charge in [0.05, 0.1) is 17.5 Å². The van der Waals surface area contributed by atoms with Crippen molar-refractivity contribution in [2.24, 2.45) is 7.05 Å². The maximum absolute atomic E-state index is 10.6. The van der Waals surface area contributed by atoms with Crippen LogP contribution in [0.5, 0.6) is 0 Å². The summed E-state index contributed by atoms with van der Waals surface area (Å²) in [6.07, 6.45) is 0.578. The second kappa shape index (κ2) is 4.68. The number of nitrogens with zero attached hydrogens (tertiary/aromatic N) is 2. The molecule has 1 heterocycles. The third-order valence-corrected chi connectivity index (χ3v) is 3.40. The van der Waals surface area contributed by atoms with Crippen molar-refractivity contribution in [2.45, 2.75) is 39.0 Å². The molecule has 1 aromatic heterocycles. The minimum Gasteiger partial charge on any atom is -0.481 e. The van der Waals surface area contributed by atoms with E-state index in [0.29, 0.717) is 6.42 Å². The van der Waals surface area contributed by atoms with Crippen LogP contribution in [0.2, 0.25) is 0 Å². The van der Waals surface area contributed by atoms with Gasteiger partial charge in [0.1, 0.15) is 5.82 Å². The van der Waals surface area contributed by atoms with Gasteiger partial charge in [-0.3, -0.25) is 4.79 Å². The molecule has 4 nitrogen and oxygen atoms in total. The molecule has 19 heavy (non-hydrogen) atoms. The van der Waals surface area contributed by atoms with Gasteiger partial charge in [0, 0.05) is 13.5 Å². The maximum Gasteiger partial charge on any atom is 0.303 e. The molecule has 0 radical (unpaired) electrons. The van der Waals surface area contributed by atoms with E-state index in [2.05, 4.69) is 37.9 Å². The molecular formula is C15H20N2O2. The molecule has 0 fully saturated rings. The smallest absolute Gasteiger partial charge is 0.303 e. The predicted octanol–water partition coefficient (Wildman–Crippen LogP) is 2.89. The Hall–Kier alpha value is -1.84. The Kier molecular flexibility index (Phi) is 3.35. The minimum atomic E-state index is -0.789. The highest BCUT2D eigenvalue weighted by Gasteiger charge is 2.16. The molecule has 0 amide bonds. The summed E-state index contributed by atoms with van der Waals surface area (Å²) >= 11 is 0. The fourth-order valence-corrected chi connectivity index (χ4v) is 2.15. The number of carboxylic acid groups (broad SMARTS) is 1. The fourth-order valence-electron chi connectivity index (χ4n) is 2.15. The van der Waals surface area contributed by atoms with Crippen molar-refractivity contribution in [1.29, 1.82) is 0 Å². The Morgan fingerprint density at radius 2 is 2.05 bits per heavy atom. The molecule has 0 unspecified atom stereocenters. The van der Waals surface area contributed by atoms with E-state index in [9.17, 15) is 4.79 Å². The van der Waals surface area contributed by atoms with E-state index >= 15 is 0 Å². The molecule has 0 aliphatic rings. The number of carboxylic acids is 1. The van der Waals surface area contributed by atoms with Gasteiger partial charge in [0.2, 0.25) is 0 Å².